The van der Waals surface area contributed by atoms with Crippen LogP contribution < -0.4 is 5.32 Å². The van der Waals surface area contributed by atoms with Gasteiger partial charge in [0.05, 0.1) is 12.4 Å². The lowest BCUT2D eigenvalue weighted by Gasteiger charge is -2.32. The van der Waals surface area contributed by atoms with Gasteiger partial charge in [-0.15, -0.1) is 0 Å². The summed E-state index contributed by atoms with van der Waals surface area (Å²) in [4.78, 5) is 21.2. The maximum absolute atomic E-state index is 10.8. The van der Waals surface area contributed by atoms with Gasteiger partial charge in [-0.1, -0.05) is 28.1 Å². The second kappa shape index (κ2) is 7.72. The highest BCUT2D eigenvalue weighted by Gasteiger charge is 2.19. The van der Waals surface area contributed by atoms with Gasteiger partial charge in [0.2, 0.25) is 0 Å². The van der Waals surface area contributed by atoms with E-state index in [9.17, 15) is 4.79 Å². The van der Waals surface area contributed by atoms with E-state index in [1.54, 1.807) is 0 Å². The number of anilines is 1. The molecule has 0 bridgehead atoms. The number of carboxylic acids is 1. The molecular formula is C17H19BrN4O2. The molecule has 1 aromatic heterocycles. The minimum Gasteiger partial charge on any atom is -0.476 e. The lowest BCUT2D eigenvalue weighted by Crippen LogP contribution is -2.38. The Morgan fingerprint density at radius 2 is 1.92 bits per heavy atom. The molecule has 1 fully saturated rings. The van der Waals surface area contributed by atoms with E-state index < -0.39 is 5.97 Å². The van der Waals surface area contributed by atoms with Crippen molar-refractivity contribution in [2.24, 2.45) is 0 Å². The highest BCUT2D eigenvalue weighted by atomic mass is 79.9. The fourth-order valence-electron chi connectivity index (χ4n) is 2.81. The predicted molar refractivity (Wildman–Crippen MR) is 95.1 cm³/mol. The van der Waals surface area contributed by atoms with Crippen molar-refractivity contribution in [1.29, 1.82) is 0 Å². The topological polar surface area (TPSA) is 78.3 Å². The molecule has 1 saturated heterocycles. The van der Waals surface area contributed by atoms with E-state index >= 15 is 0 Å². The lowest BCUT2D eigenvalue weighted by atomic mass is 10.0. The maximum atomic E-state index is 10.8. The van der Waals surface area contributed by atoms with Gasteiger partial charge in [0.1, 0.15) is 5.82 Å². The first kappa shape index (κ1) is 16.9. The molecule has 6 nitrogen and oxygen atoms in total. The summed E-state index contributed by atoms with van der Waals surface area (Å²) in [6.45, 7) is 3.01. The van der Waals surface area contributed by atoms with E-state index in [1.165, 1.54) is 18.0 Å². The van der Waals surface area contributed by atoms with Gasteiger partial charge < -0.3 is 10.4 Å². The van der Waals surface area contributed by atoms with Crippen molar-refractivity contribution in [3.8, 4) is 0 Å². The number of rotatable bonds is 5. The third-order valence-electron chi connectivity index (χ3n) is 4.13. The number of hydrogen-bond donors (Lipinski definition) is 2. The zero-order chi connectivity index (χ0) is 16.9. The summed E-state index contributed by atoms with van der Waals surface area (Å²) in [6, 6.07) is 8.78. The Bertz CT molecular complexity index is 683. The summed E-state index contributed by atoms with van der Waals surface area (Å²) in [5.41, 5.74) is 1.28. The molecule has 7 heteroatoms. The van der Waals surface area contributed by atoms with Crippen LogP contribution in [0.25, 0.3) is 0 Å². The number of benzene rings is 1. The van der Waals surface area contributed by atoms with Gasteiger partial charge in [-0.05, 0) is 30.5 Å². The van der Waals surface area contributed by atoms with Crippen molar-refractivity contribution in [3.05, 3.63) is 52.4 Å². The molecule has 0 atom stereocenters. The van der Waals surface area contributed by atoms with Gasteiger partial charge in [0, 0.05) is 30.1 Å². The van der Waals surface area contributed by atoms with Crippen LogP contribution in [0.5, 0.6) is 0 Å². The van der Waals surface area contributed by atoms with E-state index in [0.717, 1.165) is 36.9 Å². The minimum absolute atomic E-state index is 0.0372. The first-order valence-electron chi connectivity index (χ1n) is 7.89. The molecule has 0 amide bonds. The Balaban J connectivity index is 1.48. The van der Waals surface area contributed by atoms with Crippen LogP contribution in [0.2, 0.25) is 0 Å². The molecule has 0 aliphatic carbocycles. The number of carbonyl (C=O) groups is 1. The zero-order valence-electron chi connectivity index (χ0n) is 13.2. The Labute approximate surface area is 149 Å². The van der Waals surface area contributed by atoms with Crippen molar-refractivity contribution >= 4 is 27.7 Å². The third-order valence-corrected chi connectivity index (χ3v) is 4.66. The third kappa shape index (κ3) is 4.52. The Morgan fingerprint density at radius 1 is 1.21 bits per heavy atom. The molecule has 126 valence electrons. The van der Waals surface area contributed by atoms with Gasteiger partial charge >= 0.3 is 5.97 Å². The SMILES string of the molecule is O=C(O)c1cnc(NC2CCN(Cc3ccc(Br)cc3)CC2)cn1. The van der Waals surface area contributed by atoms with Crippen molar-refractivity contribution in [2.75, 3.05) is 18.4 Å². The van der Waals surface area contributed by atoms with Gasteiger partial charge in [0.25, 0.3) is 0 Å². The van der Waals surface area contributed by atoms with Gasteiger partial charge in [-0.3, -0.25) is 4.90 Å². The Morgan fingerprint density at radius 3 is 2.50 bits per heavy atom. The van der Waals surface area contributed by atoms with Crippen LogP contribution >= 0.6 is 15.9 Å². The van der Waals surface area contributed by atoms with Crippen LogP contribution in [0.3, 0.4) is 0 Å². The van der Waals surface area contributed by atoms with Gasteiger partial charge in [-0.2, -0.15) is 0 Å². The summed E-state index contributed by atoms with van der Waals surface area (Å²) in [6.07, 6.45) is 4.82. The van der Waals surface area contributed by atoms with Crippen molar-refractivity contribution in [1.82, 2.24) is 14.9 Å². The standard InChI is InChI=1S/C17H19BrN4O2/c18-13-3-1-12(2-4-13)11-22-7-5-14(6-8-22)21-16-10-19-15(9-20-16)17(23)24/h1-4,9-10,14H,5-8,11H2,(H,20,21)(H,23,24). The molecule has 0 radical (unpaired) electrons. The minimum atomic E-state index is -1.06. The maximum Gasteiger partial charge on any atom is 0.356 e. The van der Waals surface area contributed by atoms with Crippen LogP contribution in [-0.2, 0) is 6.54 Å². The van der Waals surface area contributed by atoms with E-state index in [2.05, 4.69) is 60.4 Å². The number of hydrogen-bond acceptors (Lipinski definition) is 5. The first-order chi connectivity index (χ1) is 11.6. The van der Waals surface area contributed by atoms with Crippen molar-refractivity contribution < 1.29 is 9.90 Å². The van der Waals surface area contributed by atoms with Gasteiger partial charge in [0.15, 0.2) is 5.69 Å². The average Bonchev–Trinajstić information content (AvgIpc) is 2.59. The number of likely N-dealkylation sites (tertiary alicyclic amines) is 1. The highest BCUT2D eigenvalue weighted by molar-refractivity contribution is 9.10. The summed E-state index contributed by atoms with van der Waals surface area (Å²) in [5, 5.41) is 12.2. The smallest absolute Gasteiger partial charge is 0.356 e. The molecule has 2 heterocycles. The number of aromatic carboxylic acids is 1. The second-order valence-corrected chi connectivity index (χ2v) is 6.83. The number of aromatic nitrogens is 2. The molecule has 0 saturated carbocycles. The van der Waals surface area contributed by atoms with E-state index in [1.807, 2.05) is 0 Å². The average molecular weight is 391 g/mol. The summed E-state index contributed by atoms with van der Waals surface area (Å²) in [5.74, 6) is -0.429. The quantitative estimate of drug-likeness (QED) is 0.816. The highest BCUT2D eigenvalue weighted by Crippen LogP contribution is 2.18. The normalized spacial score (nSPS) is 16.0. The fraction of sp³-hybridized carbons (Fsp3) is 0.353. The molecule has 2 aromatic rings. The summed E-state index contributed by atoms with van der Waals surface area (Å²) < 4.78 is 1.10. The number of piperidine rings is 1. The molecule has 24 heavy (non-hydrogen) atoms. The van der Waals surface area contributed by atoms with Crippen LogP contribution in [-0.4, -0.2) is 45.1 Å². The first-order valence-corrected chi connectivity index (χ1v) is 8.68. The number of nitrogens with zero attached hydrogens (tertiary/aromatic N) is 3. The van der Waals surface area contributed by atoms with Crippen molar-refractivity contribution in [3.63, 3.8) is 0 Å². The van der Waals surface area contributed by atoms with Crippen LogP contribution in [0.1, 0.15) is 28.9 Å². The second-order valence-electron chi connectivity index (χ2n) is 5.91. The van der Waals surface area contributed by atoms with Crippen LogP contribution in [0.4, 0.5) is 5.82 Å². The molecule has 3 rings (SSSR count). The Hall–Kier alpha value is -1.99. The van der Waals surface area contributed by atoms with Crippen LogP contribution in [0.15, 0.2) is 41.1 Å². The van der Waals surface area contributed by atoms with E-state index in [4.69, 9.17) is 5.11 Å². The Kier molecular flexibility index (Phi) is 5.42. The van der Waals surface area contributed by atoms with Crippen molar-refractivity contribution in [2.45, 2.75) is 25.4 Å². The fourth-order valence-corrected chi connectivity index (χ4v) is 3.07. The monoisotopic (exact) mass is 390 g/mol. The molecule has 0 spiro atoms. The lowest BCUT2D eigenvalue weighted by molar-refractivity contribution is 0.0690. The van der Waals surface area contributed by atoms with Gasteiger partial charge in [-0.25, -0.2) is 14.8 Å². The molecule has 2 N–H and O–H groups in total. The summed E-state index contributed by atoms with van der Waals surface area (Å²) in [7, 11) is 0. The zero-order valence-corrected chi connectivity index (χ0v) is 14.7. The number of carboxylic acid groups (broad SMARTS) is 1. The molecule has 1 aliphatic heterocycles. The molecular weight excluding hydrogens is 372 g/mol. The molecule has 1 aromatic carbocycles. The number of nitrogens with one attached hydrogen (secondary N) is 1. The molecule has 0 unspecified atom stereocenters. The largest absolute Gasteiger partial charge is 0.476 e. The predicted octanol–water partition coefficient (Wildman–Crippen LogP) is 3.01. The number of halogens is 1. The van der Waals surface area contributed by atoms with E-state index in [0.29, 0.717) is 11.9 Å². The van der Waals surface area contributed by atoms with E-state index in [-0.39, 0.29) is 5.69 Å². The summed E-state index contributed by atoms with van der Waals surface area (Å²) >= 11 is 3.46. The van der Waals surface area contributed by atoms with Crippen LogP contribution in [0, 0.1) is 0 Å². The molecule has 1 aliphatic rings.